The van der Waals surface area contributed by atoms with E-state index in [0.717, 1.165) is 38.3 Å². The van der Waals surface area contributed by atoms with Crippen LogP contribution in [0.15, 0.2) is 4.99 Å². The molecule has 1 aliphatic rings. The summed E-state index contributed by atoms with van der Waals surface area (Å²) in [4.78, 5) is 32.9. The largest absolute Gasteiger partial charge is 0.357 e. The van der Waals surface area contributed by atoms with Crippen molar-refractivity contribution in [3.8, 4) is 0 Å². The zero-order valence-electron chi connectivity index (χ0n) is 18.6. The number of piperazine rings is 1. The summed E-state index contributed by atoms with van der Waals surface area (Å²) in [6.45, 7) is 14.7. The summed E-state index contributed by atoms with van der Waals surface area (Å²) in [5, 5.41) is 6.54. The maximum Gasteiger partial charge on any atom is 0.222 e. The smallest absolute Gasteiger partial charge is 0.222 e. The molecule has 7 nitrogen and oxygen atoms in total. The van der Waals surface area contributed by atoms with Gasteiger partial charge in [-0.15, -0.1) is 0 Å². The Hall–Kier alpha value is -1.79. The minimum atomic E-state index is 0.214. The molecule has 0 aromatic rings. The van der Waals surface area contributed by atoms with Gasteiger partial charge in [-0.3, -0.25) is 14.6 Å². The van der Waals surface area contributed by atoms with Gasteiger partial charge in [0.15, 0.2) is 5.96 Å². The number of hydrogen-bond acceptors (Lipinski definition) is 3. The van der Waals surface area contributed by atoms with E-state index >= 15 is 0 Å². The van der Waals surface area contributed by atoms with Gasteiger partial charge in [-0.1, -0.05) is 20.3 Å². The molecule has 7 heteroatoms. The lowest BCUT2D eigenvalue weighted by Gasteiger charge is -2.35. The van der Waals surface area contributed by atoms with Crippen molar-refractivity contribution in [3.63, 3.8) is 0 Å². The molecule has 0 aromatic carbocycles. The number of nitrogens with one attached hydrogen (secondary N) is 2. The third-order valence-corrected chi connectivity index (χ3v) is 4.66. The van der Waals surface area contributed by atoms with Crippen molar-refractivity contribution in [1.29, 1.82) is 0 Å². The quantitative estimate of drug-likeness (QED) is 0.338. The average molecular weight is 396 g/mol. The highest BCUT2D eigenvalue weighted by Crippen LogP contribution is 2.10. The van der Waals surface area contributed by atoms with Gasteiger partial charge in [-0.05, 0) is 39.5 Å². The van der Waals surface area contributed by atoms with E-state index < -0.39 is 0 Å². The van der Waals surface area contributed by atoms with Gasteiger partial charge in [0, 0.05) is 58.2 Å². The van der Waals surface area contributed by atoms with E-state index in [4.69, 9.17) is 0 Å². The molecule has 0 spiro atoms. The first kappa shape index (κ1) is 24.2. The first-order valence-electron chi connectivity index (χ1n) is 10.9. The Labute approximate surface area is 171 Å². The van der Waals surface area contributed by atoms with Gasteiger partial charge in [0.05, 0.1) is 0 Å². The van der Waals surface area contributed by atoms with Crippen LogP contribution in [-0.4, -0.2) is 72.9 Å². The molecule has 0 saturated carbocycles. The van der Waals surface area contributed by atoms with Crippen molar-refractivity contribution in [2.45, 2.75) is 72.8 Å². The van der Waals surface area contributed by atoms with Gasteiger partial charge in [0.25, 0.3) is 0 Å². The van der Waals surface area contributed by atoms with Gasteiger partial charge in [-0.25, -0.2) is 0 Å². The minimum Gasteiger partial charge on any atom is -0.357 e. The van der Waals surface area contributed by atoms with Crippen LogP contribution in [0, 0.1) is 5.92 Å². The van der Waals surface area contributed by atoms with Crippen LogP contribution >= 0.6 is 0 Å². The highest BCUT2D eigenvalue weighted by atomic mass is 16.2. The van der Waals surface area contributed by atoms with Crippen molar-refractivity contribution in [3.05, 3.63) is 0 Å². The number of hydrogen-bond donors (Lipinski definition) is 2. The van der Waals surface area contributed by atoms with Gasteiger partial charge in [0.2, 0.25) is 11.8 Å². The van der Waals surface area contributed by atoms with Gasteiger partial charge < -0.3 is 20.4 Å². The lowest BCUT2D eigenvalue weighted by molar-refractivity contribution is -0.140. The van der Waals surface area contributed by atoms with E-state index in [9.17, 15) is 9.59 Å². The number of rotatable bonds is 10. The normalized spacial score (nSPS) is 15.3. The van der Waals surface area contributed by atoms with Crippen molar-refractivity contribution >= 4 is 17.8 Å². The molecule has 0 atom stereocenters. The second kappa shape index (κ2) is 13.4. The van der Waals surface area contributed by atoms with Gasteiger partial charge in [-0.2, -0.15) is 0 Å². The molecular formula is C21H41N5O2. The summed E-state index contributed by atoms with van der Waals surface area (Å²) >= 11 is 0. The molecule has 1 saturated heterocycles. The number of carbonyl (C=O) groups excluding carboxylic acids is 2. The van der Waals surface area contributed by atoms with E-state index in [0.29, 0.717) is 51.0 Å². The number of guanidine groups is 1. The third kappa shape index (κ3) is 9.95. The monoisotopic (exact) mass is 395 g/mol. The predicted molar refractivity (Wildman–Crippen MR) is 115 cm³/mol. The predicted octanol–water partition coefficient (Wildman–Crippen LogP) is 2.23. The molecule has 0 unspecified atom stereocenters. The Kier molecular flexibility index (Phi) is 11.6. The molecule has 2 amide bonds. The van der Waals surface area contributed by atoms with E-state index in [1.165, 1.54) is 0 Å². The number of aliphatic imine (C=N–C) groups is 1. The zero-order valence-corrected chi connectivity index (χ0v) is 18.6. The second-order valence-corrected chi connectivity index (χ2v) is 8.23. The standard InChI is InChI=1S/C21H41N5O2/c1-6-22-21(24-18(4)5)23-11-9-7-8-10-19(27)25-12-14-26(15-13-25)20(28)16-17(2)3/h17-18H,6-16H2,1-5H3,(H2,22,23,24). The molecule has 1 aliphatic heterocycles. The lowest BCUT2D eigenvalue weighted by Crippen LogP contribution is -2.50. The SMILES string of the molecule is CCNC(=NCCCCCC(=O)N1CCN(C(=O)CC(C)C)CC1)NC(C)C. The number of carbonyl (C=O) groups is 2. The summed E-state index contributed by atoms with van der Waals surface area (Å²) < 4.78 is 0. The molecule has 0 bridgehead atoms. The summed E-state index contributed by atoms with van der Waals surface area (Å²) in [7, 11) is 0. The maximum absolute atomic E-state index is 12.4. The third-order valence-electron chi connectivity index (χ3n) is 4.66. The van der Waals surface area contributed by atoms with Crippen LogP contribution in [-0.2, 0) is 9.59 Å². The highest BCUT2D eigenvalue weighted by molar-refractivity contribution is 5.80. The van der Waals surface area contributed by atoms with Crippen LogP contribution < -0.4 is 10.6 Å². The number of amides is 2. The summed E-state index contributed by atoms with van der Waals surface area (Å²) in [6, 6.07) is 0.358. The average Bonchev–Trinajstić information content (AvgIpc) is 2.63. The van der Waals surface area contributed by atoms with E-state index in [1.54, 1.807) is 0 Å². The molecule has 162 valence electrons. The number of unbranched alkanes of at least 4 members (excludes halogenated alkanes) is 2. The lowest BCUT2D eigenvalue weighted by atomic mass is 10.1. The second-order valence-electron chi connectivity index (χ2n) is 8.23. The highest BCUT2D eigenvalue weighted by Gasteiger charge is 2.23. The van der Waals surface area contributed by atoms with Gasteiger partial charge in [0.1, 0.15) is 0 Å². The molecule has 1 fully saturated rings. The first-order chi connectivity index (χ1) is 13.3. The Morgan fingerprint density at radius 2 is 1.54 bits per heavy atom. The molecule has 28 heavy (non-hydrogen) atoms. The summed E-state index contributed by atoms with van der Waals surface area (Å²) in [5.41, 5.74) is 0. The molecular weight excluding hydrogens is 354 g/mol. The van der Waals surface area contributed by atoms with Crippen LogP contribution in [0.4, 0.5) is 0 Å². The fourth-order valence-corrected chi connectivity index (χ4v) is 3.19. The van der Waals surface area contributed by atoms with Crippen LogP contribution in [0.2, 0.25) is 0 Å². The van der Waals surface area contributed by atoms with E-state index in [2.05, 4.69) is 50.2 Å². The van der Waals surface area contributed by atoms with Crippen LogP contribution in [0.5, 0.6) is 0 Å². The van der Waals surface area contributed by atoms with Crippen molar-refractivity contribution in [2.75, 3.05) is 39.3 Å². The Morgan fingerprint density at radius 3 is 2.07 bits per heavy atom. The summed E-state index contributed by atoms with van der Waals surface area (Å²) in [5.74, 6) is 1.67. The molecule has 1 rings (SSSR count). The summed E-state index contributed by atoms with van der Waals surface area (Å²) in [6.07, 6.45) is 4.07. The molecule has 2 N–H and O–H groups in total. The first-order valence-corrected chi connectivity index (χ1v) is 10.9. The Morgan fingerprint density at radius 1 is 0.929 bits per heavy atom. The molecule has 0 aromatic heterocycles. The topological polar surface area (TPSA) is 77.0 Å². The zero-order chi connectivity index (χ0) is 20.9. The van der Waals surface area contributed by atoms with E-state index in [1.807, 2.05) is 9.80 Å². The van der Waals surface area contributed by atoms with Crippen LogP contribution in [0.25, 0.3) is 0 Å². The maximum atomic E-state index is 12.4. The number of nitrogens with zero attached hydrogens (tertiary/aromatic N) is 3. The van der Waals surface area contributed by atoms with Crippen LogP contribution in [0.1, 0.15) is 66.7 Å². The van der Waals surface area contributed by atoms with Gasteiger partial charge >= 0.3 is 0 Å². The molecule has 0 radical (unpaired) electrons. The van der Waals surface area contributed by atoms with Crippen molar-refractivity contribution in [1.82, 2.24) is 20.4 Å². The van der Waals surface area contributed by atoms with E-state index in [-0.39, 0.29) is 11.8 Å². The minimum absolute atomic E-state index is 0.214. The Bertz CT molecular complexity index is 497. The molecule has 0 aliphatic carbocycles. The fraction of sp³-hybridized carbons (Fsp3) is 0.857. The van der Waals surface area contributed by atoms with Crippen molar-refractivity contribution < 1.29 is 9.59 Å². The molecule has 1 heterocycles. The van der Waals surface area contributed by atoms with Crippen molar-refractivity contribution in [2.24, 2.45) is 10.9 Å². The Balaban J connectivity index is 2.19. The fourth-order valence-electron chi connectivity index (χ4n) is 3.19. The van der Waals surface area contributed by atoms with Crippen LogP contribution in [0.3, 0.4) is 0 Å².